The highest BCUT2D eigenvalue weighted by atomic mass is 32.2. The highest BCUT2D eigenvalue weighted by molar-refractivity contribution is 7.89. The Balaban J connectivity index is 2.11. The van der Waals surface area contributed by atoms with Gasteiger partial charge in [0.1, 0.15) is 0 Å². The van der Waals surface area contributed by atoms with E-state index in [1.165, 1.54) is 12.1 Å². The van der Waals surface area contributed by atoms with E-state index in [-0.39, 0.29) is 10.6 Å². The van der Waals surface area contributed by atoms with Crippen LogP contribution in [-0.2, 0) is 10.0 Å². The lowest BCUT2D eigenvalue weighted by Crippen LogP contribution is -2.26. The molecule has 0 amide bonds. The zero-order chi connectivity index (χ0) is 12.5. The molecule has 1 aliphatic carbocycles. The number of nitrogens with one attached hydrogen (secondary N) is 1. The molecule has 2 rings (SSSR count). The van der Waals surface area contributed by atoms with E-state index in [4.69, 9.17) is 5.11 Å². The van der Waals surface area contributed by atoms with Gasteiger partial charge in [-0.1, -0.05) is 0 Å². The quantitative estimate of drug-likeness (QED) is 0.798. The van der Waals surface area contributed by atoms with Gasteiger partial charge in [-0.3, -0.25) is 0 Å². The minimum atomic E-state index is -3.61. The number of carboxylic acid groups (broad SMARTS) is 1. The first kappa shape index (κ1) is 12.0. The van der Waals surface area contributed by atoms with E-state index in [1.807, 2.05) is 0 Å². The molecule has 0 saturated heterocycles. The van der Waals surface area contributed by atoms with Crippen molar-refractivity contribution in [2.45, 2.75) is 17.9 Å². The molecule has 0 aliphatic heterocycles. The van der Waals surface area contributed by atoms with Gasteiger partial charge in [-0.25, -0.2) is 22.9 Å². The van der Waals surface area contributed by atoms with Gasteiger partial charge in [-0.2, -0.15) is 0 Å². The number of hydrogen-bond donors (Lipinski definition) is 2. The third-order valence-corrected chi connectivity index (χ3v) is 3.86. The molecule has 17 heavy (non-hydrogen) atoms. The van der Waals surface area contributed by atoms with Crippen LogP contribution in [0.5, 0.6) is 0 Å². The largest absolute Gasteiger partial charge is 0.478 e. The van der Waals surface area contributed by atoms with E-state index in [9.17, 15) is 13.2 Å². The van der Waals surface area contributed by atoms with Crippen LogP contribution in [0.2, 0.25) is 0 Å². The van der Waals surface area contributed by atoms with Gasteiger partial charge in [0.2, 0.25) is 0 Å². The summed E-state index contributed by atoms with van der Waals surface area (Å²) in [5, 5.41) is 8.51. The summed E-state index contributed by atoms with van der Waals surface area (Å²) in [6.07, 6.45) is 3.13. The van der Waals surface area contributed by atoms with Crippen molar-refractivity contribution >= 4 is 16.0 Å². The number of hydrogen-bond acceptors (Lipinski definition) is 4. The van der Waals surface area contributed by atoms with E-state index in [0.29, 0.717) is 12.5 Å². The summed E-state index contributed by atoms with van der Waals surface area (Å²) in [4.78, 5) is 14.2. The molecule has 6 nitrogen and oxygen atoms in total. The third-order valence-electron chi connectivity index (χ3n) is 2.52. The predicted octanol–water partition coefficient (Wildman–Crippen LogP) is 0.468. The van der Waals surface area contributed by atoms with Crippen molar-refractivity contribution < 1.29 is 18.3 Å². The number of rotatable bonds is 5. The second-order valence-electron chi connectivity index (χ2n) is 3.99. The van der Waals surface area contributed by atoms with Gasteiger partial charge in [0.05, 0.1) is 5.56 Å². The lowest BCUT2D eigenvalue weighted by Gasteiger charge is -2.04. The second kappa shape index (κ2) is 4.42. The molecule has 92 valence electrons. The monoisotopic (exact) mass is 256 g/mol. The van der Waals surface area contributed by atoms with Gasteiger partial charge in [0.25, 0.3) is 10.0 Å². The summed E-state index contributed by atoms with van der Waals surface area (Å²) in [6.45, 7) is 0.421. The Hall–Kier alpha value is -1.47. The molecule has 0 aromatic carbocycles. The number of aromatic carboxylic acids is 1. The molecule has 0 unspecified atom stereocenters. The van der Waals surface area contributed by atoms with Crippen LogP contribution in [0.1, 0.15) is 23.2 Å². The smallest absolute Gasteiger partial charge is 0.337 e. The van der Waals surface area contributed by atoms with Crippen LogP contribution in [-0.4, -0.2) is 31.0 Å². The van der Waals surface area contributed by atoms with Crippen molar-refractivity contribution in [3.05, 3.63) is 23.9 Å². The molecule has 1 fully saturated rings. The Morgan fingerprint density at radius 3 is 2.65 bits per heavy atom. The van der Waals surface area contributed by atoms with E-state index < -0.39 is 16.0 Å². The molecule has 1 heterocycles. The van der Waals surface area contributed by atoms with Crippen molar-refractivity contribution in [3.8, 4) is 0 Å². The molecule has 1 aromatic rings. The van der Waals surface area contributed by atoms with Crippen LogP contribution in [0.3, 0.4) is 0 Å². The summed E-state index contributed by atoms with van der Waals surface area (Å²) >= 11 is 0. The average Bonchev–Trinajstić information content (AvgIpc) is 3.10. The molecule has 0 atom stereocenters. The zero-order valence-electron chi connectivity index (χ0n) is 8.96. The normalized spacial score (nSPS) is 15.8. The number of nitrogens with zero attached hydrogens (tertiary/aromatic N) is 1. The highest BCUT2D eigenvalue weighted by Crippen LogP contribution is 2.28. The molecule has 2 N–H and O–H groups in total. The highest BCUT2D eigenvalue weighted by Gasteiger charge is 2.24. The number of aromatic nitrogens is 1. The van der Waals surface area contributed by atoms with Gasteiger partial charge < -0.3 is 5.11 Å². The lowest BCUT2D eigenvalue weighted by molar-refractivity contribution is 0.0696. The van der Waals surface area contributed by atoms with Crippen molar-refractivity contribution in [1.82, 2.24) is 9.71 Å². The molecular formula is C10H12N2O4S. The molecule has 0 radical (unpaired) electrons. The fourth-order valence-corrected chi connectivity index (χ4v) is 2.33. The van der Waals surface area contributed by atoms with E-state index in [1.54, 1.807) is 0 Å². The first-order valence-corrected chi connectivity index (χ1v) is 6.66. The van der Waals surface area contributed by atoms with Crippen molar-refractivity contribution in [2.24, 2.45) is 5.92 Å². The van der Waals surface area contributed by atoms with Crippen LogP contribution >= 0.6 is 0 Å². The molecule has 1 aromatic heterocycles. The number of sulfonamides is 1. The zero-order valence-corrected chi connectivity index (χ0v) is 9.77. The summed E-state index contributed by atoms with van der Waals surface area (Å²) < 4.78 is 25.9. The number of carbonyl (C=O) groups is 1. The third kappa shape index (κ3) is 3.01. The Labute approximate surface area is 98.7 Å². The van der Waals surface area contributed by atoms with Gasteiger partial charge >= 0.3 is 5.97 Å². The van der Waals surface area contributed by atoms with E-state index in [0.717, 1.165) is 19.0 Å². The number of carboxylic acids is 1. The Morgan fingerprint density at radius 1 is 1.47 bits per heavy atom. The molecule has 0 spiro atoms. The average molecular weight is 256 g/mol. The Morgan fingerprint density at radius 2 is 2.18 bits per heavy atom. The summed E-state index contributed by atoms with van der Waals surface area (Å²) in [5.74, 6) is -0.699. The maximum atomic E-state index is 11.7. The molecule has 1 saturated carbocycles. The molecule has 7 heteroatoms. The fraction of sp³-hybridized carbons (Fsp3) is 0.400. The van der Waals surface area contributed by atoms with Crippen molar-refractivity contribution in [1.29, 1.82) is 0 Å². The van der Waals surface area contributed by atoms with Crippen LogP contribution < -0.4 is 4.72 Å². The van der Waals surface area contributed by atoms with Gasteiger partial charge in [-0.15, -0.1) is 0 Å². The second-order valence-corrected chi connectivity index (χ2v) is 5.70. The summed E-state index contributed by atoms with van der Waals surface area (Å²) in [6, 6.07) is 2.42. The summed E-state index contributed by atoms with van der Waals surface area (Å²) in [7, 11) is -3.61. The minimum Gasteiger partial charge on any atom is -0.478 e. The fourth-order valence-electron chi connectivity index (χ4n) is 1.29. The minimum absolute atomic E-state index is 0.0360. The number of pyridine rings is 1. The molecule has 0 bridgehead atoms. The molecular weight excluding hydrogens is 244 g/mol. The van der Waals surface area contributed by atoms with Crippen LogP contribution in [0.25, 0.3) is 0 Å². The van der Waals surface area contributed by atoms with Gasteiger partial charge in [0, 0.05) is 12.7 Å². The lowest BCUT2D eigenvalue weighted by atomic mass is 10.3. The summed E-state index contributed by atoms with van der Waals surface area (Å²) in [5.41, 5.74) is -0.0360. The Bertz CT molecular complexity index is 520. The maximum Gasteiger partial charge on any atom is 0.337 e. The topological polar surface area (TPSA) is 96.4 Å². The molecule has 1 aliphatic rings. The van der Waals surface area contributed by atoms with Gasteiger partial charge in [0.15, 0.2) is 5.03 Å². The van der Waals surface area contributed by atoms with Crippen molar-refractivity contribution in [2.75, 3.05) is 6.54 Å². The van der Waals surface area contributed by atoms with Crippen LogP contribution in [0.15, 0.2) is 23.4 Å². The van der Waals surface area contributed by atoms with E-state index >= 15 is 0 Å². The Kier molecular flexibility index (Phi) is 3.12. The predicted molar refractivity (Wildman–Crippen MR) is 59.1 cm³/mol. The first-order chi connectivity index (χ1) is 7.99. The first-order valence-electron chi connectivity index (χ1n) is 5.18. The maximum absolute atomic E-state index is 11.7. The van der Waals surface area contributed by atoms with Crippen LogP contribution in [0, 0.1) is 5.92 Å². The van der Waals surface area contributed by atoms with Gasteiger partial charge in [-0.05, 0) is 30.9 Å². The van der Waals surface area contributed by atoms with Crippen molar-refractivity contribution in [3.63, 3.8) is 0 Å². The van der Waals surface area contributed by atoms with E-state index in [2.05, 4.69) is 9.71 Å². The van der Waals surface area contributed by atoms with Crippen LogP contribution in [0.4, 0.5) is 0 Å². The standard InChI is InChI=1S/C10H12N2O4S/c13-10(14)8-3-4-9(11-6-8)17(15,16)12-5-7-1-2-7/h3-4,6-7,12H,1-2,5H2,(H,13,14). The SMILES string of the molecule is O=C(O)c1ccc(S(=O)(=O)NCC2CC2)nc1.